The summed E-state index contributed by atoms with van der Waals surface area (Å²) in [7, 11) is 1.90. The normalized spacial score (nSPS) is 14.8. The van der Waals surface area contributed by atoms with Crippen molar-refractivity contribution in [3.8, 4) is 0 Å². The smallest absolute Gasteiger partial charge is 0.151 e. The van der Waals surface area contributed by atoms with Crippen LogP contribution in [0.15, 0.2) is 6.33 Å². The predicted octanol–water partition coefficient (Wildman–Crippen LogP) is 2.16. The van der Waals surface area contributed by atoms with Crippen molar-refractivity contribution >= 4 is 0 Å². The quantitative estimate of drug-likeness (QED) is 0.754. The van der Waals surface area contributed by atoms with Gasteiger partial charge in [-0.3, -0.25) is 4.68 Å². The summed E-state index contributed by atoms with van der Waals surface area (Å²) in [6.45, 7) is 7.80. The minimum absolute atomic E-state index is 0.633. The molecule has 0 amide bonds. The molecule has 98 valence electrons. The zero-order valence-electron chi connectivity index (χ0n) is 11.6. The number of rotatable bonds is 8. The summed E-state index contributed by atoms with van der Waals surface area (Å²) < 4.78 is 1.76. The zero-order chi connectivity index (χ0) is 12.7. The van der Waals surface area contributed by atoms with Gasteiger partial charge in [-0.1, -0.05) is 27.2 Å². The SMILES string of the molecule is CCC(C)CC(CC)NCCc1ncn(C)n1. The lowest BCUT2D eigenvalue weighted by Crippen LogP contribution is -2.32. The minimum atomic E-state index is 0.633. The maximum absolute atomic E-state index is 4.28. The summed E-state index contributed by atoms with van der Waals surface area (Å²) in [4.78, 5) is 4.23. The van der Waals surface area contributed by atoms with Crippen LogP contribution in [-0.4, -0.2) is 27.4 Å². The monoisotopic (exact) mass is 238 g/mol. The van der Waals surface area contributed by atoms with Gasteiger partial charge in [-0.25, -0.2) is 4.98 Å². The zero-order valence-corrected chi connectivity index (χ0v) is 11.6. The van der Waals surface area contributed by atoms with Crippen LogP contribution >= 0.6 is 0 Å². The van der Waals surface area contributed by atoms with Crippen LogP contribution in [0.25, 0.3) is 0 Å². The maximum Gasteiger partial charge on any atom is 0.151 e. The first kappa shape index (κ1) is 14.2. The Balaban J connectivity index is 2.23. The molecule has 0 spiro atoms. The minimum Gasteiger partial charge on any atom is -0.314 e. The summed E-state index contributed by atoms with van der Waals surface area (Å²) in [5.41, 5.74) is 0. The van der Waals surface area contributed by atoms with E-state index >= 15 is 0 Å². The Hall–Kier alpha value is -0.900. The molecule has 0 saturated heterocycles. The Bertz CT molecular complexity index is 308. The molecule has 4 heteroatoms. The maximum atomic E-state index is 4.28. The van der Waals surface area contributed by atoms with Crippen molar-refractivity contribution in [3.63, 3.8) is 0 Å². The van der Waals surface area contributed by atoms with Crippen LogP contribution in [0.1, 0.15) is 45.9 Å². The van der Waals surface area contributed by atoms with Gasteiger partial charge < -0.3 is 5.32 Å². The van der Waals surface area contributed by atoms with E-state index < -0.39 is 0 Å². The highest BCUT2D eigenvalue weighted by atomic mass is 15.3. The molecule has 1 rings (SSSR count). The molecule has 4 nitrogen and oxygen atoms in total. The van der Waals surface area contributed by atoms with Crippen molar-refractivity contribution in [2.24, 2.45) is 13.0 Å². The molecule has 0 aliphatic heterocycles. The third kappa shape index (κ3) is 5.31. The fraction of sp³-hybridized carbons (Fsp3) is 0.846. The number of nitrogens with one attached hydrogen (secondary N) is 1. The molecule has 0 saturated carbocycles. The summed E-state index contributed by atoms with van der Waals surface area (Å²) >= 11 is 0. The Kier molecular flexibility index (Phi) is 6.19. The van der Waals surface area contributed by atoms with E-state index in [4.69, 9.17) is 0 Å². The molecule has 1 aromatic heterocycles. The molecule has 2 atom stereocenters. The van der Waals surface area contributed by atoms with Gasteiger partial charge in [0.2, 0.25) is 0 Å². The first-order chi connectivity index (χ1) is 8.15. The third-order valence-electron chi connectivity index (χ3n) is 3.31. The Labute approximate surface area is 105 Å². The van der Waals surface area contributed by atoms with Crippen molar-refractivity contribution in [3.05, 3.63) is 12.2 Å². The number of hydrogen-bond acceptors (Lipinski definition) is 3. The average molecular weight is 238 g/mol. The van der Waals surface area contributed by atoms with Gasteiger partial charge in [-0.15, -0.1) is 0 Å². The number of nitrogens with zero attached hydrogens (tertiary/aromatic N) is 3. The Morgan fingerprint density at radius 1 is 1.35 bits per heavy atom. The molecular weight excluding hydrogens is 212 g/mol. The van der Waals surface area contributed by atoms with E-state index in [-0.39, 0.29) is 0 Å². The molecule has 2 unspecified atom stereocenters. The van der Waals surface area contributed by atoms with Gasteiger partial charge in [0.25, 0.3) is 0 Å². The summed E-state index contributed by atoms with van der Waals surface area (Å²) in [5, 5.41) is 7.88. The average Bonchev–Trinajstić information content (AvgIpc) is 2.73. The molecule has 0 radical (unpaired) electrons. The van der Waals surface area contributed by atoms with Gasteiger partial charge in [0.05, 0.1) is 0 Å². The molecule has 1 N–H and O–H groups in total. The van der Waals surface area contributed by atoms with Crippen LogP contribution in [0.4, 0.5) is 0 Å². The second kappa shape index (κ2) is 7.43. The van der Waals surface area contributed by atoms with Gasteiger partial charge in [-0.05, 0) is 18.8 Å². The molecule has 0 bridgehead atoms. The fourth-order valence-corrected chi connectivity index (χ4v) is 1.93. The van der Waals surface area contributed by atoms with Crippen LogP contribution < -0.4 is 5.32 Å². The second-order valence-electron chi connectivity index (χ2n) is 4.89. The van der Waals surface area contributed by atoms with Crippen molar-refractivity contribution < 1.29 is 0 Å². The molecule has 0 fully saturated rings. The van der Waals surface area contributed by atoms with Gasteiger partial charge in [0.15, 0.2) is 5.82 Å². The standard InChI is InChI=1S/C13H26N4/c1-5-11(3)9-12(6-2)14-8-7-13-15-10-17(4)16-13/h10-12,14H,5-9H2,1-4H3. The number of aromatic nitrogens is 3. The van der Waals surface area contributed by atoms with E-state index in [0.29, 0.717) is 6.04 Å². The Morgan fingerprint density at radius 2 is 2.12 bits per heavy atom. The van der Waals surface area contributed by atoms with Gasteiger partial charge in [-0.2, -0.15) is 5.10 Å². The third-order valence-corrected chi connectivity index (χ3v) is 3.31. The first-order valence-corrected chi connectivity index (χ1v) is 6.73. The number of aryl methyl sites for hydroxylation is 1. The molecular formula is C13H26N4. The van der Waals surface area contributed by atoms with Crippen molar-refractivity contribution in [1.29, 1.82) is 0 Å². The summed E-state index contributed by atoms with van der Waals surface area (Å²) in [6.07, 6.45) is 6.40. The van der Waals surface area contributed by atoms with Crippen LogP contribution in [0.3, 0.4) is 0 Å². The highest BCUT2D eigenvalue weighted by Crippen LogP contribution is 2.11. The lowest BCUT2D eigenvalue weighted by Gasteiger charge is -2.19. The highest BCUT2D eigenvalue weighted by Gasteiger charge is 2.09. The molecule has 17 heavy (non-hydrogen) atoms. The van der Waals surface area contributed by atoms with Crippen LogP contribution in [0.5, 0.6) is 0 Å². The van der Waals surface area contributed by atoms with E-state index in [1.165, 1.54) is 19.3 Å². The summed E-state index contributed by atoms with van der Waals surface area (Å²) in [6, 6.07) is 0.633. The topological polar surface area (TPSA) is 42.7 Å². The predicted molar refractivity (Wildman–Crippen MR) is 70.9 cm³/mol. The second-order valence-corrected chi connectivity index (χ2v) is 4.89. The van der Waals surface area contributed by atoms with Crippen LogP contribution in [0, 0.1) is 5.92 Å². The summed E-state index contributed by atoms with van der Waals surface area (Å²) in [5.74, 6) is 1.74. The van der Waals surface area contributed by atoms with Gasteiger partial charge >= 0.3 is 0 Å². The van der Waals surface area contributed by atoms with E-state index in [9.17, 15) is 0 Å². The largest absolute Gasteiger partial charge is 0.314 e. The molecule has 0 aliphatic carbocycles. The molecule has 0 aromatic carbocycles. The van der Waals surface area contributed by atoms with Crippen LogP contribution in [0.2, 0.25) is 0 Å². The lowest BCUT2D eigenvalue weighted by atomic mass is 9.98. The molecule has 1 aromatic rings. The lowest BCUT2D eigenvalue weighted by molar-refractivity contribution is 0.386. The molecule has 0 aliphatic rings. The fourth-order valence-electron chi connectivity index (χ4n) is 1.93. The first-order valence-electron chi connectivity index (χ1n) is 6.73. The van der Waals surface area contributed by atoms with Crippen molar-refractivity contribution in [1.82, 2.24) is 20.1 Å². The van der Waals surface area contributed by atoms with Crippen molar-refractivity contribution in [2.45, 2.75) is 52.5 Å². The van der Waals surface area contributed by atoms with Crippen molar-refractivity contribution in [2.75, 3.05) is 6.54 Å². The van der Waals surface area contributed by atoms with E-state index in [1.54, 1.807) is 11.0 Å². The highest BCUT2D eigenvalue weighted by molar-refractivity contribution is 4.82. The van der Waals surface area contributed by atoms with E-state index in [0.717, 1.165) is 24.7 Å². The van der Waals surface area contributed by atoms with E-state index in [2.05, 4.69) is 36.2 Å². The number of hydrogen-bond donors (Lipinski definition) is 1. The van der Waals surface area contributed by atoms with E-state index in [1.807, 2.05) is 7.05 Å². The van der Waals surface area contributed by atoms with Gasteiger partial charge in [0, 0.05) is 26.1 Å². The Morgan fingerprint density at radius 3 is 2.65 bits per heavy atom. The van der Waals surface area contributed by atoms with Gasteiger partial charge in [0.1, 0.15) is 6.33 Å². The van der Waals surface area contributed by atoms with Crippen LogP contribution in [-0.2, 0) is 13.5 Å². The molecule has 1 heterocycles.